The average Bonchev–Trinajstić information content (AvgIpc) is 2.44. The molecule has 0 spiro atoms. The molecule has 2 heterocycles. The van der Waals surface area contributed by atoms with Gasteiger partial charge in [0.25, 0.3) is 0 Å². The molecule has 3 nitrogen and oxygen atoms in total. The second-order valence-electron chi connectivity index (χ2n) is 5.77. The Morgan fingerprint density at radius 1 is 1.32 bits per heavy atom. The monoisotopic (exact) mass is 262 g/mol. The lowest BCUT2D eigenvalue weighted by Gasteiger charge is -2.41. The van der Waals surface area contributed by atoms with Gasteiger partial charge in [-0.3, -0.25) is 0 Å². The molecule has 1 fully saturated rings. The predicted molar refractivity (Wildman–Crippen MR) is 73.4 cm³/mol. The van der Waals surface area contributed by atoms with E-state index >= 15 is 0 Å². The third kappa shape index (κ3) is 2.26. The number of hydrogen-bond acceptors (Lipinski definition) is 3. The Morgan fingerprint density at radius 2 is 2.16 bits per heavy atom. The Bertz CT molecular complexity index is 455. The first-order valence-corrected chi connectivity index (χ1v) is 7.15. The van der Waals surface area contributed by atoms with Crippen LogP contribution >= 0.6 is 0 Å². The number of rotatable bonds is 2. The molecule has 1 saturated heterocycles. The van der Waals surface area contributed by atoms with Crippen molar-refractivity contribution in [2.45, 2.75) is 45.0 Å². The summed E-state index contributed by atoms with van der Waals surface area (Å²) in [5, 5.41) is 0. The molecular weight excluding hydrogens is 240 g/mol. The van der Waals surface area contributed by atoms with Crippen molar-refractivity contribution in [1.82, 2.24) is 0 Å². The van der Waals surface area contributed by atoms with Crippen molar-refractivity contribution < 1.29 is 14.2 Å². The van der Waals surface area contributed by atoms with E-state index in [2.05, 4.69) is 32.0 Å². The lowest BCUT2D eigenvalue weighted by Crippen LogP contribution is -2.41. The Balaban J connectivity index is 1.99. The van der Waals surface area contributed by atoms with Crippen LogP contribution in [0.25, 0.3) is 0 Å². The van der Waals surface area contributed by atoms with Crippen LogP contribution < -0.4 is 4.74 Å². The number of fused-ring (bicyclic) bond motifs is 2. The summed E-state index contributed by atoms with van der Waals surface area (Å²) < 4.78 is 17.5. The molecule has 3 heteroatoms. The lowest BCUT2D eigenvalue weighted by atomic mass is 9.85. The maximum Gasteiger partial charge on any atom is 0.205 e. The molecule has 1 aromatic carbocycles. The summed E-state index contributed by atoms with van der Waals surface area (Å²) in [5.74, 6) is 1.75. The first kappa shape index (κ1) is 12.9. The first-order valence-electron chi connectivity index (χ1n) is 7.15. The Labute approximate surface area is 114 Å². The highest BCUT2D eigenvalue weighted by Crippen LogP contribution is 2.45. The third-order valence-corrected chi connectivity index (χ3v) is 4.21. The maximum absolute atomic E-state index is 6.00. The minimum atomic E-state index is -0.143. The van der Waals surface area contributed by atoms with Gasteiger partial charge < -0.3 is 14.2 Å². The fourth-order valence-corrected chi connectivity index (χ4v) is 3.11. The largest absolute Gasteiger partial charge is 0.464 e. The summed E-state index contributed by atoms with van der Waals surface area (Å²) in [6, 6.07) is 6.43. The highest BCUT2D eigenvalue weighted by molar-refractivity contribution is 5.42. The molecule has 19 heavy (non-hydrogen) atoms. The van der Waals surface area contributed by atoms with Crippen molar-refractivity contribution >= 4 is 0 Å². The van der Waals surface area contributed by atoms with Crippen molar-refractivity contribution in [3.05, 3.63) is 29.3 Å². The van der Waals surface area contributed by atoms with Gasteiger partial charge in [0, 0.05) is 12.7 Å². The van der Waals surface area contributed by atoms with Crippen LogP contribution in [-0.4, -0.2) is 20.0 Å². The van der Waals surface area contributed by atoms with Crippen LogP contribution in [-0.2, 0) is 9.47 Å². The molecule has 0 amide bonds. The average molecular weight is 262 g/mol. The van der Waals surface area contributed by atoms with Crippen LogP contribution in [0.3, 0.4) is 0 Å². The van der Waals surface area contributed by atoms with Crippen LogP contribution in [0.4, 0.5) is 0 Å². The summed E-state index contributed by atoms with van der Waals surface area (Å²) in [7, 11) is 1.79. The number of hydrogen-bond donors (Lipinski definition) is 0. The van der Waals surface area contributed by atoms with E-state index in [0.717, 1.165) is 25.2 Å². The quantitative estimate of drug-likeness (QED) is 0.814. The van der Waals surface area contributed by atoms with Gasteiger partial charge in [0.1, 0.15) is 5.75 Å². The molecule has 104 valence electrons. The van der Waals surface area contributed by atoms with Crippen LogP contribution in [0.1, 0.15) is 49.8 Å². The minimum absolute atomic E-state index is 0.0905. The topological polar surface area (TPSA) is 27.7 Å². The van der Waals surface area contributed by atoms with Crippen LogP contribution in [0.2, 0.25) is 0 Å². The predicted octanol–water partition coefficient (Wildman–Crippen LogP) is 3.64. The van der Waals surface area contributed by atoms with E-state index in [-0.39, 0.29) is 12.4 Å². The van der Waals surface area contributed by atoms with Gasteiger partial charge >= 0.3 is 0 Å². The molecule has 0 unspecified atom stereocenters. The normalized spacial score (nSPS) is 29.6. The number of ether oxygens (including phenoxy) is 3. The van der Waals surface area contributed by atoms with E-state index in [1.165, 1.54) is 11.1 Å². The van der Waals surface area contributed by atoms with Crippen molar-refractivity contribution in [2.75, 3.05) is 13.7 Å². The summed E-state index contributed by atoms with van der Waals surface area (Å²) in [6.07, 6.45) is 2.14. The molecule has 0 radical (unpaired) electrons. The smallest absolute Gasteiger partial charge is 0.205 e. The van der Waals surface area contributed by atoms with Crippen LogP contribution in [0.5, 0.6) is 5.75 Å². The van der Waals surface area contributed by atoms with E-state index in [1.54, 1.807) is 7.11 Å². The zero-order valence-corrected chi connectivity index (χ0v) is 11.9. The Hall–Kier alpha value is -1.06. The molecule has 0 aromatic heterocycles. The van der Waals surface area contributed by atoms with E-state index < -0.39 is 0 Å². The third-order valence-electron chi connectivity index (χ3n) is 4.21. The Morgan fingerprint density at radius 3 is 2.89 bits per heavy atom. The second-order valence-corrected chi connectivity index (χ2v) is 5.77. The van der Waals surface area contributed by atoms with Gasteiger partial charge in [-0.25, -0.2) is 0 Å². The van der Waals surface area contributed by atoms with E-state index in [1.807, 2.05) is 0 Å². The summed E-state index contributed by atoms with van der Waals surface area (Å²) in [4.78, 5) is 0. The number of methoxy groups -OCH3 is 1. The first-order chi connectivity index (χ1) is 9.20. The van der Waals surface area contributed by atoms with Crippen molar-refractivity contribution in [3.63, 3.8) is 0 Å². The highest BCUT2D eigenvalue weighted by atomic mass is 16.7. The fraction of sp³-hybridized carbons (Fsp3) is 0.625. The van der Waals surface area contributed by atoms with Crippen LogP contribution in [0, 0.1) is 5.92 Å². The minimum Gasteiger partial charge on any atom is -0.464 e. The van der Waals surface area contributed by atoms with Gasteiger partial charge in [-0.15, -0.1) is 0 Å². The summed E-state index contributed by atoms with van der Waals surface area (Å²) in [5.41, 5.74) is 2.51. The molecule has 1 aromatic rings. The Kier molecular flexibility index (Phi) is 3.50. The molecule has 0 N–H and O–H groups in total. The van der Waals surface area contributed by atoms with E-state index in [4.69, 9.17) is 14.2 Å². The van der Waals surface area contributed by atoms with Crippen molar-refractivity contribution in [1.29, 1.82) is 0 Å². The molecule has 2 aliphatic heterocycles. The van der Waals surface area contributed by atoms with Crippen LogP contribution in [0.15, 0.2) is 18.2 Å². The number of benzene rings is 1. The molecule has 0 bridgehead atoms. The molecule has 0 aliphatic carbocycles. The zero-order chi connectivity index (χ0) is 13.4. The molecule has 0 saturated carbocycles. The summed E-state index contributed by atoms with van der Waals surface area (Å²) in [6.45, 7) is 5.20. The molecule has 3 atom stereocenters. The van der Waals surface area contributed by atoms with Gasteiger partial charge in [0.2, 0.25) is 6.29 Å². The van der Waals surface area contributed by atoms with Gasteiger partial charge in [-0.1, -0.05) is 19.9 Å². The van der Waals surface area contributed by atoms with Gasteiger partial charge in [0.15, 0.2) is 0 Å². The highest BCUT2D eigenvalue weighted by Gasteiger charge is 2.41. The van der Waals surface area contributed by atoms with Gasteiger partial charge in [-0.05, 0) is 36.5 Å². The zero-order valence-electron chi connectivity index (χ0n) is 11.9. The lowest BCUT2D eigenvalue weighted by molar-refractivity contribution is -0.185. The van der Waals surface area contributed by atoms with Crippen molar-refractivity contribution in [3.8, 4) is 5.75 Å². The summed E-state index contributed by atoms with van der Waals surface area (Å²) >= 11 is 0. The molecule has 2 aliphatic rings. The maximum atomic E-state index is 6.00. The second kappa shape index (κ2) is 5.14. The molecular formula is C16H22O3. The standard InChI is InChI=1S/C16H22O3/c1-10(2)11-6-7-14-13(9-11)15(17-3)12-5-4-8-18-16(12)19-14/h6-7,9-10,12,15-16H,4-5,8H2,1-3H3/t12-,15+,16+/m0/s1. The van der Waals surface area contributed by atoms with Crippen molar-refractivity contribution in [2.24, 2.45) is 5.92 Å². The fourth-order valence-electron chi connectivity index (χ4n) is 3.11. The van der Waals surface area contributed by atoms with Gasteiger partial charge in [-0.2, -0.15) is 0 Å². The van der Waals surface area contributed by atoms with E-state index in [9.17, 15) is 0 Å². The SMILES string of the molecule is CO[C@H]1c2cc(C(C)C)ccc2O[C@H]2OCCC[C@H]21. The van der Waals surface area contributed by atoms with E-state index in [0.29, 0.717) is 11.8 Å². The van der Waals surface area contributed by atoms with Gasteiger partial charge in [0.05, 0.1) is 18.6 Å². The molecule has 3 rings (SSSR count).